The summed E-state index contributed by atoms with van der Waals surface area (Å²) >= 11 is 0. The second-order valence-corrected chi connectivity index (χ2v) is 5.88. The van der Waals surface area contributed by atoms with Crippen molar-refractivity contribution in [2.45, 2.75) is 31.7 Å². The number of benzene rings is 2. The van der Waals surface area contributed by atoms with Gasteiger partial charge in [0.2, 0.25) is 0 Å². The van der Waals surface area contributed by atoms with Gasteiger partial charge >= 0.3 is 0 Å². The van der Waals surface area contributed by atoms with Gasteiger partial charge in [-0.05, 0) is 47.2 Å². The SMILES string of the molecule is CC1(C)CC(Nc2ccc(F)cc2)c2ccccc21. The molecular weight excluding hydrogens is 237 g/mol. The van der Waals surface area contributed by atoms with E-state index in [2.05, 4.69) is 43.4 Å². The van der Waals surface area contributed by atoms with Crippen molar-refractivity contribution in [2.75, 3.05) is 5.32 Å². The molecule has 0 amide bonds. The molecule has 2 heteroatoms. The lowest BCUT2D eigenvalue weighted by molar-refractivity contribution is 0.493. The van der Waals surface area contributed by atoms with Crippen molar-refractivity contribution in [3.8, 4) is 0 Å². The lowest BCUT2D eigenvalue weighted by atomic mass is 9.86. The summed E-state index contributed by atoms with van der Waals surface area (Å²) in [5.74, 6) is -0.197. The summed E-state index contributed by atoms with van der Waals surface area (Å²) in [5.41, 5.74) is 3.93. The van der Waals surface area contributed by atoms with Crippen LogP contribution in [0.5, 0.6) is 0 Å². The van der Waals surface area contributed by atoms with Crippen molar-refractivity contribution in [1.82, 2.24) is 0 Å². The Morgan fingerprint density at radius 1 is 1.05 bits per heavy atom. The Kier molecular flexibility index (Phi) is 2.81. The lowest BCUT2D eigenvalue weighted by Crippen LogP contribution is -2.14. The average molecular weight is 255 g/mol. The molecule has 0 saturated heterocycles. The first-order valence-electron chi connectivity index (χ1n) is 6.68. The fraction of sp³-hybridized carbons (Fsp3) is 0.294. The van der Waals surface area contributed by atoms with E-state index in [1.54, 1.807) is 12.1 Å². The predicted octanol–water partition coefficient (Wildman–Crippen LogP) is 4.66. The molecule has 1 unspecified atom stereocenters. The number of hydrogen-bond acceptors (Lipinski definition) is 1. The highest BCUT2D eigenvalue weighted by molar-refractivity contribution is 5.50. The van der Waals surface area contributed by atoms with Gasteiger partial charge in [-0.15, -0.1) is 0 Å². The highest BCUT2D eigenvalue weighted by Gasteiger charge is 2.36. The summed E-state index contributed by atoms with van der Waals surface area (Å²) < 4.78 is 12.9. The summed E-state index contributed by atoms with van der Waals surface area (Å²) in [6.07, 6.45) is 1.06. The van der Waals surface area contributed by atoms with Crippen molar-refractivity contribution < 1.29 is 4.39 Å². The third-order valence-corrected chi connectivity index (χ3v) is 3.96. The highest BCUT2D eigenvalue weighted by Crippen LogP contribution is 2.45. The maximum atomic E-state index is 12.9. The van der Waals surface area contributed by atoms with Gasteiger partial charge in [-0.3, -0.25) is 0 Å². The van der Waals surface area contributed by atoms with Gasteiger partial charge in [0.25, 0.3) is 0 Å². The zero-order chi connectivity index (χ0) is 13.5. The van der Waals surface area contributed by atoms with E-state index in [9.17, 15) is 4.39 Å². The first kappa shape index (κ1) is 12.2. The minimum Gasteiger partial charge on any atom is -0.378 e. The highest BCUT2D eigenvalue weighted by atomic mass is 19.1. The first-order valence-corrected chi connectivity index (χ1v) is 6.68. The molecular formula is C17H18FN. The van der Waals surface area contributed by atoms with Crippen LogP contribution in [0.4, 0.5) is 10.1 Å². The summed E-state index contributed by atoms with van der Waals surface area (Å²) in [4.78, 5) is 0. The number of anilines is 1. The van der Waals surface area contributed by atoms with Gasteiger partial charge in [-0.25, -0.2) is 4.39 Å². The van der Waals surface area contributed by atoms with Gasteiger partial charge in [0.15, 0.2) is 0 Å². The number of hydrogen-bond donors (Lipinski definition) is 1. The van der Waals surface area contributed by atoms with Crippen LogP contribution in [0.2, 0.25) is 0 Å². The van der Waals surface area contributed by atoms with Gasteiger partial charge < -0.3 is 5.32 Å². The van der Waals surface area contributed by atoms with E-state index < -0.39 is 0 Å². The smallest absolute Gasteiger partial charge is 0.123 e. The third-order valence-electron chi connectivity index (χ3n) is 3.96. The molecule has 0 bridgehead atoms. The third kappa shape index (κ3) is 2.23. The molecule has 1 N–H and O–H groups in total. The van der Waals surface area contributed by atoms with E-state index in [1.807, 2.05) is 0 Å². The molecule has 3 rings (SSSR count). The van der Waals surface area contributed by atoms with Crippen molar-refractivity contribution in [2.24, 2.45) is 0 Å². The van der Waals surface area contributed by atoms with E-state index in [4.69, 9.17) is 0 Å². The van der Waals surface area contributed by atoms with Crippen LogP contribution >= 0.6 is 0 Å². The maximum absolute atomic E-state index is 12.9. The number of nitrogens with one attached hydrogen (secondary N) is 1. The Morgan fingerprint density at radius 3 is 2.47 bits per heavy atom. The van der Waals surface area contributed by atoms with E-state index >= 15 is 0 Å². The zero-order valence-corrected chi connectivity index (χ0v) is 11.3. The summed E-state index contributed by atoms with van der Waals surface area (Å²) in [7, 11) is 0. The Morgan fingerprint density at radius 2 is 1.74 bits per heavy atom. The van der Waals surface area contributed by atoms with Crippen molar-refractivity contribution in [3.63, 3.8) is 0 Å². The average Bonchev–Trinajstić information content (AvgIpc) is 2.65. The minimum absolute atomic E-state index is 0.189. The lowest BCUT2D eigenvalue weighted by Gasteiger charge is -2.20. The summed E-state index contributed by atoms with van der Waals surface area (Å²) in [5, 5.41) is 3.51. The molecule has 1 nitrogen and oxygen atoms in total. The standard InChI is InChI=1S/C17H18FN/c1-17(2)11-16(14-5-3-4-6-15(14)17)19-13-9-7-12(18)8-10-13/h3-10,16,19H,11H2,1-2H3. The second-order valence-electron chi connectivity index (χ2n) is 5.88. The molecule has 1 aliphatic rings. The maximum Gasteiger partial charge on any atom is 0.123 e. The molecule has 0 fully saturated rings. The van der Waals surface area contributed by atoms with Crippen molar-refractivity contribution in [1.29, 1.82) is 0 Å². The number of rotatable bonds is 2. The quantitative estimate of drug-likeness (QED) is 0.823. The Hall–Kier alpha value is -1.83. The van der Waals surface area contributed by atoms with Crippen LogP contribution in [0.25, 0.3) is 0 Å². The van der Waals surface area contributed by atoms with Crippen LogP contribution in [0.15, 0.2) is 48.5 Å². The predicted molar refractivity (Wildman–Crippen MR) is 76.8 cm³/mol. The monoisotopic (exact) mass is 255 g/mol. The van der Waals surface area contributed by atoms with Crippen molar-refractivity contribution in [3.05, 3.63) is 65.5 Å². The molecule has 0 aromatic heterocycles. The largest absolute Gasteiger partial charge is 0.378 e. The molecule has 1 aliphatic carbocycles. The Labute approximate surface area is 113 Å². The molecule has 2 aromatic carbocycles. The Bertz CT molecular complexity index is 586. The van der Waals surface area contributed by atoms with E-state index in [-0.39, 0.29) is 11.2 Å². The van der Waals surface area contributed by atoms with Gasteiger partial charge in [0.1, 0.15) is 5.82 Å². The molecule has 0 saturated carbocycles. The van der Waals surface area contributed by atoms with E-state index in [1.165, 1.54) is 23.3 Å². The number of halogens is 1. The van der Waals surface area contributed by atoms with Crippen LogP contribution in [-0.2, 0) is 5.41 Å². The topological polar surface area (TPSA) is 12.0 Å². The summed E-state index contributed by atoms with van der Waals surface area (Å²) in [6.45, 7) is 4.55. The van der Waals surface area contributed by atoms with Crippen LogP contribution in [-0.4, -0.2) is 0 Å². The molecule has 0 aliphatic heterocycles. The normalized spacial score (nSPS) is 20.1. The van der Waals surface area contributed by atoms with E-state index in [0.29, 0.717) is 6.04 Å². The molecule has 19 heavy (non-hydrogen) atoms. The van der Waals surface area contributed by atoms with Gasteiger partial charge in [-0.1, -0.05) is 38.1 Å². The fourth-order valence-electron chi connectivity index (χ4n) is 3.02. The minimum atomic E-state index is -0.197. The van der Waals surface area contributed by atoms with Gasteiger partial charge in [-0.2, -0.15) is 0 Å². The Balaban J connectivity index is 1.89. The van der Waals surface area contributed by atoms with E-state index in [0.717, 1.165) is 12.1 Å². The van der Waals surface area contributed by atoms with Crippen LogP contribution < -0.4 is 5.32 Å². The zero-order valence-electron chi connectivity index (χ0n) is 11.3. The fourth-order valence-corrected chi connectivity index (χ4v) is 3.02. The van der Waals surface area contributed by atoms with Crippen LogP contribution in [0.3, 0.4) is 0 Å². The second kappa shape index (κ2) is 4.37. The molecule has 0 radical (unpaired) electrons. The van der Waals surface area contributed by atoms with Crippen molar-refractivity contribution >= 4 is 5.69 Å². The summed E-state index contributed by atoms with van der Waals surface area (Å²) in [6, 6.07) is 15.5. The van der Waals surface area contributed by atoms with Crippen LogP contribution in [0, 0.1) is 5.82 Å². The molecule has 0 heterocycles. The number of fused-ring (bicyclic) bond motifs is 1. The molecule has 0 spiro atoms. The molecule has 2 aromatic rings. The van der Waals surface area contributed by atoms with Crippen LogP contribution in [0.1, 0.15) is 37.4 Å². The molecule has 1 atom stereocenters. The van der Waals surface area contributed by atoms with Gasteiger partial charge in [0, 0.05) is 5.69 Å². The van der Waals surface area contributed by atoms with Gasteiger partial charge in [0.05, 0.1) is 6.04 Å². The molecule has 98 valence electrons. The first-order chi connectivity index (χ1) is 9.06.